The van der Waals surface area contributed by atoms with Crippen LogP contribution < -0.4 is 10.1 Å². The Morgan fingerprint density at radius 2 is 2.00 bits per heavy atom. The maximum absolute atomic E-state index is 12.8. The zero-order valence-corrected chi connectivity index (χ0v) is 12.1. The molecule has 0 fully saturated rings. The molecule has 1 N–H and O–H groups in total. The van der Waals surface area contributed by atoms with E-state index in [1.54, 1.807) is 12.1 Å². The monoisotopic (exact) mass is 291 g/mol. The number of carbonyl (C=O) groups is 1. The first-order valence-electron chi connectivity index (χ1n) is 6.86. The molecule has 21 heavy (non-hydrogen) atoms. The van der Waals surface area contributed by atoms with Crippen molar-refractivity contribution in [3.8, 4) is 5.75 Å². The lowest BCUT2D eigenvalue weighted by Crippen LogP contribution is -2.31. The maximum Gasteiger partial charge on any atom is 0.287 e. The lowest BCUT2D eigenvalue weighted by atomic mass is 10.2. The zero-order valence-electron chi connectivity index (χ0n) is 12.1. The molecule has 4 nitrogen and oxygen atoms in total. The average Bonchev–Trinajstić information content (AvgIpc) is 2.95. The molecular formula is C16H18FNO3. The van der Waals surface area contributed by atoms with E-state index in [2.05, 4.69) is 5.32 Å². The summed E-state index contributed by atoms with van der Waals surface area (Å²) in [6.45, 7) is 4.11. The first-order chi connectivity index (χ1) is 10.1. The minimum Gasteiger partial charge on any atom is -0.486 e. The Morgan fingerprint density at radius 3 is 2.67 bits per heavy atom. The van der Waals surface area contributed by atoms with E-state index in [0.717, 1.165) is 6.42 Å². The van der Waals surface area contributed by atoms with Crippen LogP contribution in [0.5, 0.6) is 5.75 Å². The molecule has 1 heterocycles. The van der Waals surface area contributed by atoms with Gasteiger partial charge in [-0.15, -0.1) is 0 Å². The fourth-order valence-corrected chi connectivity index (χ4v) is 1.66. The van der Waals surface area contributed by atoms with Gasteiger partial charge in [0.2, 0.25) is 0 Å². The van der Waals surface area contributed by atoms with E-state index in [-0.39, 0.29) is 30.1 Å². The smallest absolute Gasteiger partial charge is 0.287 e. The van der Waals surface area contributed by atoms with Crippen molar-refractivity contribution in [2.24, 2.45) is 0 Å². The van der Waals surface area contributed by atoms with E-state index >= 15 is 0 Å². The van der Waals surface area contributed by atoms with Gasteiger partial charge in [0.15, 0.2) is 5.76 Å². The van der Waals surface area contributed by atoms with E-state index in [1.807, 2.05) is 13.8 Å². The van der Waals surface area contributed by atoms with Crippen LogP contribution in [-0.4, -0.2) is 11.9 Å². The molecule has 0 aliphatic heterocycles. The Hall–Kier alpha value is -2.30. The highest BCUT2D eigenvalue weighted by Crippen LogP contribution is 2.15. The molecule has 0 unspecified atom stereocenters. The van der Waals surface area contributed by atoms with Crippen molar-refractivity contribution >= 4 is 5.91 Å². The number of furan rings is 1. The number of benzene rings is 1. The van der Waals surface area contributed by atoms with Gasteiger partial charge >= 0.3 is 0 Å². The van der Waals surface area contributed by atoms with Crippen molar-refractivity contribution in [1.29, 1.82) is 0 Å². The molecule has 0 saturated carbocycles. The van der Waals surface area contributed by atoms with Crippen LogP contribution in [0.25, 0.3) is 0 Å². The van der Waals surface area contributed by atoms with E-state index in [0.29, 0.717) is 11.5 Å². The van der Waals surface area contributed by atoms with Gasteiger partial charge in [-0.25, -0.2) is 4.39 Å². The largest absolute Gasteiger partial charge is 0.486 e. The Kier molecular flexibility index (Phi) is 4.98. The molecule has 2 rings (SSSR count). The fourth-order valence-electron chi connectivity index (χ4n) is 1.66. The van der Waals surface area contributed by atoms with Gasteiger partial charge in [0.1, 0.15) is 23.9 Å². The van der Waals surface area contributed by atoms with Crippen molar-refractivity contribution in [2.75, 3.05) is 0 Å². The number of ether oxygens (including phenoxy) is 1. The van der Waals surface area contributed by atoms with Crippen LogP contribution in [0.15, 0.2) is 40.8 Å². The number of hydrogen-bond acceptors (Lipinski definition) is 3. The molecule has 2 aromatic rings. The minimum atomic E-state index is -0.315. The molecular weight excluding hydrogens is 273 g/mol. The molecule has 1 amide bonds. The van der Waals surface area contributed by atoms with Gasteiger partial charge in [-0.05, 0) is 49.7 Å². The summed E-state index contributed by atoms with van der Waals surface area (Å²) in [6.07, 6.45) is 0.854. The first kappa shape index (κ1) is 15.1. The highest BCUT2D eigenvalue weighted by molar-refractivity contribution is 5.91. The molecule has 0 saturated heterocycles. The van der Waals surface area contributed by atoms with Gasteiger partial charge < -0.3 is 14.5 Å². The third-order valence-corrected chi connectivity index (χ3v) is 3.07. The van der Waals surface area contributed by atoms with Gasteiger partial charge in [0, 0.05) is 6.04 Å². The van der Waals surface area contributed by atoms with Crippen LogP contribution in [0.4, 0.5) is 4.39 Å². The number of halogens is 1. The Morgan fingerprint density at radius 1 is 1.29 bits per heavy atom. The average molecular weight is 291 g/mol. The second-order valence-electron chi connectivity index (χ2n) is 4.79. The zero-order chi connectivity index (χ0) is 15.2. The number of amides is 1. The SMILES string of the molecule is CC[C@H](C)NC(=O)c1ccc(COc2ccc(F)cc2)o1. The number of hydrogen-bond donors (Lipinski definition) is 1. The van der Waals surface area contributed by atoms with Crippen LogP contribution in [0.2, 0.25) is 0 Å². The molecule has 0 spiro atoms. The van der Waals surface area contributed by atoms with Gasteiger partial charge in [-0.2, -0.15) is 0 Å². The van der Waals surface area contributed by atoms with Gasteiger partial charge in [0.25, 0.3) is 5.91 Å². The van der Waals surface area contributed by atoms with E-state index < -0.39 is 0 Å². The molecule has 0 radical (unpaired) electrons. The lowest BCUT2D eigenvalue weighted by molar-refractivity contribution is 0.0907. The summed E-state index contributed by atoms with van der Waals surface area (Å²) in [5, 5.41) is 2.82. The summed E-state index contributed by atoms with van der Waals surface area (Å²) in [5.74, 6) is 0.779. The topological polar surface area (TPSA) is 51.5 Å². The Balaban J connectivity index is 1.91. The Bertz CT molecular complexity index is 592. The third-order valence-electron chi connectivity index (χ3n) is 3.07. The van der Waals surface area contributed by atoms with Crippen molar-refractivity contribution in [3.05, 3.63) is 53.7 Å². The summed E-state index contributed by atoms with van der Waals surface area (Å²) in [6, 6.07) is 9.12. The minimum absolute atomic E-state index is 0.0986. The quantitative estimate of drug-likeness (QED) is 0.886. The molecule has 0 aliphatic rings. The lowest BCUT2D eigenvalue weighted by Gasteiger charge is -2.09. The van der Waals surface area contributed by atoms with Crippen LogP contribution >= 0.6 is 0 Å². The van der Waals surface area contributed by atoms with Crippen LogP contribution in [0.3, 0.4) is 0 Å². The predicted molar refractivity (Wildman–Crippen MR) is 76.7 cm³/mol. The predicted octanol–water partition coefficient (Wildman–Crippen LogP) is 3.53. The highest BCUT2D eigenvalue weighted by Gasteiger charge is 2.13. The maximum atomic E-state index is 12.8. The molecule has 0 aliphatic carbocycles. The second-order valence-corrected chi connectivity index (χ2v) is 4.79. The van der Waals surface area contributed by atoms with E-state index in [1.165, 1.54) is 24.3 Å². The second kappa shape index (κ2) is 6.92. The standard InChI is InChI=1S/C16H18FNO3/c1-3-11(2)18-16(19)15-9-8-14(21-15)10-20-13-6-4-12(17)5-7-13/h4-9,11H,3,10H2,1-2H3,(H,18,19)/t11-/m0/s1. The number of carbonyl (C=O) groups excluding carboxylic acids is 1. The molecule has 0 bridgehead atoms. The summed E-state index contributed by atoms with van der Waals surface area (Å²) in [5.41, 5.74) is 0. The van der Waals surface area contributed by atoms with Crippen molar-refractivity contribution in [1.82, 2.24) is 5.32 Å². The Labute approximate surface area is 122 Å². The highest BCUT2D eigenvalue weighted by atomic mass is 19.1. The van der Waals surface area contributed by atoms with Crippen molar-refractivity contribution in [2.45, 2.75) is 32.9 Å². The van der Waals surface area contributed by atoms with E-state index in [9.17, 15) is 9.18 Å². The van der Waals surface area contributed by atoms with Crippen LogP contribution in [-0.2, 0) is 6.61 Å². The van der Waals surface area contributed by atoms with Crippen molar-refractivity contribution in [3.63, 3.8) is 0 Å². The fraction of sp³-hybridized carbons (Fsp3) is 0.312. The van der Waals surface area contributed by atoms with Crippen LogP contribution in [0, 0.1) is 5.82 Å². The van der Waals surface area contributed by atoms with Crippen LogP contribution in [0.1, 0.15) is 36.6 Å². The van der Waals surface area contributed by atoms with Crippen molar-refractivity contribution < 1.29 is 18.3 Å². The van der Waals surface area contributed by atoms with E-state index in [4.69, 9.17) is 9.15 Å². The molecule has 112 valence electrons. The normalized spacial score (nSPS) is 12.0. The van der Waals surface area contributed by atoms with Gasteiger partial charge in [0.05, 0.1) is 0 Å². The molecule has 1 aromatic heterocycles. The third kappa shape index (κ3) is 4.34. The first-order valence-corrected chi connectivity index (χ1v) is 6.86. The van der Waals surface area contributed by atoms with Gasteiger partial charge in [-0.3, -0.25) is 4.79 Å². The summed E-state index contributed by atoms with van der Waals surface area (Å²) in [7, 11) is 0. The molecule has 5 heteroatoms. The number of rotatable bonds is 6. The number of nitrogens with one attached hydrogen (secondary N) is 1. The summed E-state index contributed by atoms with van der Waals surface area (Å²) >= 11 is 0. The summed E-state index contributed by atoms with van der Waals surface area (Å²) in [4.78, 5) is 11.9. The molecule has 1 aromatic carbocycles. The summed E-state index contributed by atoms with van der Waals surface area (Å²) < 4.78 is 23.6. The molecule has 1 atom stereocenters. The van der Waals surface area contributed by atoms with Gasteiger partial charge in [-0.1, -0.05) is 6.92 Å².